The number of allylic oxidation sites excluding steroid dienone is 2. The Bertz CT molecular complexity index is 1750. The number of dihydropyridines is 1. The number of hydrogen-bond donors (Lipinski definition) is 4. The average molecular weight is 655 g/mol. The minimum atomic E-state index is -1.28. The van der Waals surface area contributed by atoms with Crippen LogP contribution in [0.1, 0.15) is 50.3 Å². The van der Waals surface area contributed by atoms with Crippen LogP contribution in [0.25, 0.3) is 0 Å². The van der Waals surface area contributed by atoms with Crippen LogP contribution in [0.15, 0.2) is 107 Å². The van der Waals surface area contributed by atoms with Crippen molar-refractivity contribution in [1.82, 2.24) is 16.0 Å². The average Bonchev–Trinajstić information content (AvgIpc) is 3.04. The molecule has 0 saturated carbocycles. The zero-order valence-electron chi connectivity index (χ0n) is 27.1. The highest BCUT2D eigenvalue weighted by Gasteiger charge is 2.39. The number of carbonyl (C=O) groups excluding carboxylic acids is 3. The van der Waals surface area contributed by atoms with Gasteiger partial charge in [-0.1, -0.05) is 72.8 Å². The molecular weight excluding hydrogens is 616 g/mol. The van der Waals surface area contributed by atoms with Crippen molar-refractivity contribution in [3.63, 3.8) is 0 Å². The number of carboxylic acids is 1. The van der Waals surface area contributed by atoms with Crippen molar-refractivity contribution in [3.8, 4) is 0 Å². The van der Waals surface area contributed by atoms with E-state index >= 15 is 0 Å². The van der Waals surface area contributed by atoms with Crippen molar-refractivity contribution >= 4 is 29.4 Å². The quantitative estimate of drug-likeness (QED) is 0.119. The molecule has 48 heavy (non-hydrogen) atoms. The molecule has 1 aliphatic rings. The van der Waals surface area contributed by atoms with Gasteiger partial charge in [0.15, 0.2) is 0 Å². The van der Waals surface area contributed by atoms with Crippen molar-refractivity contribution in [2.75, 3.05) is 0 Å². The first kappa shape index (κ1) is 35.1. The number of nitrogens with one attached hydrogen (secondary N) is 3. The van der Waals surface area contributed by atoms with Crippen molar-refractivity contribution in [3.05, 3.63) is 134 Å². The van der Waals surface area contributed by atoms with Gasteiger partial charge in [-0.3, -0.25) is 19.7 Å². The van der Waals surface area contributed by atoms with E-state index in [2.05, 4.69) is 16.0 Å². The predicted molar refractivity (Wildman–Crippen MR) is 177 cm³/mol. The molecule has 0 fully saturated rings. The van der Waals surface area contributed by atoms with E-state index in [9.17, 15) is 34.4 Å². The summed E-state index contributed by atoms with van der Waals surface area (Å²) in [6.07, 6.45) is -0.457. The monoisotopic (exact) mass is 654 g/mol. The van der Waals surface area contributed by atoms with Gasteiger partial charge in [0.05, 0.1) is 22.5 Å². The molecule has 0 radical (unpaired) electrons. The second-order valence-corrected chi connectivity index (χ2v) is 11.7. The molecular formula is C36H38N4O8. The molecule has 0 aliphatic carbocycles. The van der Waals surface area contributed by atoms with Crippen LogP contribution in [0.4, 0.5) is 5.69 Å². The molecule has 1 unspecified atom stereocenters. The van der Waals surface area contributed by atoms with E-state index in [1.54, 1.807) is 94.4 Å². The normalized spacial score (nSPS) is 15.6. The number of rotatable bonds is 13. The summed E-state index contributed by atoms with van der Waals surface area (Å²) in [5.41, 5.74) is 2.34. The van der Waals surface area contributed by atoms with E-state index in [-0.39, 0.29) is 29.7 Å². The highest BCUT2D eigenvalue weighted by molar-refractivity contribution is 6.04. The molecule has 2 amide bonds. The van der Waals surface area contributed by atoms with E-state index < -0.39 is 52.8 Å². The molecule has 250 valence electrons. The number of nitro groups is 1. The van der Waals surface area contributed by atoms with Gasteiger partial charge in [-0.25, -0.2) is 9.59 Å². The number of benzene rings is 3. The number of nitrogens with zero attached hydrogens (tertiary/aromatic N) is 1. The van der Waals surface area contributed by atoms with Crippen LogP contribution in [0.3, 0.4) is 0 Å². The Balaban J connectivity index is 1.73. The van der Waals surface area contributed by atoms with Crippen LogP contribution < -0.4 is 16.0 Å². The van der Waals surface area contributed by atoms with E-state index in [1.165, 1.54) is 18.2 Å². The van der Waals surface area contributed by atoms with Crippen LogP contribution >= 0.6 is 0 Å². The highest BCUT2D eigenvalue weighted by Crippen LogP contribution is 2.40. The van der Waals surface area contributed by atoms with E-state index in [0.717, 1.165) is 0 Å². The lowest BCUT2D eigenvalue weighted by molar-refractivity contribution is -0.384. The smallest absolute Gasteiger partial charge is 0.337 e. The van der Waals surface area contributed by atoms with E-state index in [0.29, 0.717) is 28.1 Å². The molecule has 12 nitrogen and oxygen atoms in total. The summed E-state index contributed by atoms with van der Waals surface area (Å²) >= 11 is 0. The zero-order chi connectivity index (χ0) is 35.0. The molecule has 12 heteroatoms. The molecule has 1 heterocycles. The fourth-order valence-electron chi connectivity index (χ4n) is 5.61. The fourth-order valence-corrected chi connectivity index (χ4v) is 5.61. The number of carbonyl (C=O) groups is 4. The topological polar surface area (TPSA) is 177 Å². The summed E-state index contributed by atoms with van der Waals surface area (Å²) in [4.78, 5) is 64.9. The SMILES string of the molecule is CC1=C(C(=O)N[C@@H](Cc2ccccc2)C(=O)N[C@@H](Cc2ccccc2)C(=O)O)C(c2cccc([N+](=O)[O-])c2)C(C(=O)OC(C)C)=C(C)N1. The Morgan fingerprint density at radius 2 is 1.40 bits per heavy atom. The lowest BCUT2D eigenvalue weighted by atomic mass is 9.79. The van der Waals surface area contributed by atoms with E-state index in [4.69, 9.17) is 4.74 Å². The molecule has 3 aromatic rings. The number of hydrogen-bond acceptors (Lipinski definition) is 8. The van der Waals surface area contributed by atoms with Crippen LogP contribution in [-0.4, -0.2) is 52.0 Å². The van der Waals surface area contributed by atoms with Gasteiger partial charge in [0.2, 0.25) is 5.91 Å². The molecule has 4 N–H and O–H groups in total. The molecule has 3 aromatic carbocycles. The second-order valence-electron chi connectivity index (χ2n) is 11.7. The Morgan fingerprint density at radius 3 is 1.94 bits per heavy atom. The lowest BCUT2D eigenvalue weighted by Gasteiger charge is -2.32. The maximum absolute atomic E-state index is 14.3. The summed E-state index contributed by atoms with van der Waals surface area (Å²) in [7, 11) is 0. The van der Waals surface area contributed by atoms with Gasteiger partial charge in [0.1, 0.15) is 12.1 Å². The van der Waals surface area contributed by atoms with Gasteiger partial charge >= 0.3 is 11.9 Å². The summed E-state index contributed by atoms with van der Waals surface area (Å²) in [5.74, 6) is -4.51. The third-order valence-electron chi connectivity index (χ3n) is 7.78. The van der Waals surface area contributed by atoms with Gasteiger partial charge in [-0.2, -0.15) is 0 Å². The maximum Gasteiger partial charge on any atom is 0.337 e. The fraction of sp³-hybridized carbons (Fsp3) is 0.278. The minimum Gasteiger partial charge on any atom is -0.480 e. The first-order valence-corrected chi connectivity index (χ1v) is 15.4. The van der Waals surface area contributed by atoms with E-state index in [1.807, 2.05) is 0 Å². The number of nitro benzene ring substituents is 1. The van der Waals surface area contributed by atoms with Crippen molar-refractivity contribution < 1.29 is 33.9 Å². The zero-order valence-corrected chi connectivity index (χ0v) is 27.1. The second kappa shape index (κ2) is 15.7. The summed E-state index contributed by atoms with van der Waals surface area (Å²) in [6.45, 7) is 6.62. The van der Waals surface area contributed by atoms with Crippen LogP contribution in [-0.2, 0) is 36.8 Å². The standard InChI is InChI=1S/C36H38N4O8/c1-21(2)48-36(45)31-23(4)37-22(3)30(32(31)26-16-11-17-27(20-26)40(46)47)34(42)38-28(18-24-12-7-5-8-13-24)33(41)39-29(35(43)44)19-25-14-9-6-10-15-25/h5-17,20-21,28-29,32,37H,18-19H2,1-4H3,(H,38,42)(H,39,41)(H,43,44)/t28-,29-,32?/m0/s1. The van der Waals surface area contributed by atoms with Gasteiger partial charge in [0.25, 0.3) is 11.6 Å². The molecule has 1 aliphatic heterocycles. The molecule has 3 atom stereocenters. The van der Waals surface area contributed by atoms with Gasteiger partial charge < -0.3 is 25.8 Å². The molecule has 0 bridgehead atoms. The predicted octanol–water partition coefficient (Wildman–Crippen LogP) is 4.32. The third-order valence-corrected chi connectivity index (χ3v) is 7.78. The minimum absolute atomic E-state index is 0.0162. The number of carboxylic acid groups (broad SMARTS) is 1. The number of ether oxygens (including phenoxy) is 1. The van der Waals surface area contributed by atoms with Crippen LogP contribution in [0.2, 0.25) is 0 Å². The van der Waals surface area contributed by atoms with Gasteiger partial charge in [-0.15, -0.1) is 0 Å². The summed E-state index contributed by atoms with van der Waals surface area (Å²) < 4.78 is 5.52. The molecule has 0 spiro atoms. The number of non-ortho nitro benzene ring substituents is 1. The number of aliphatic carboxylic acids is 1. The van der Waals surface area contributed by atoms with Crippen molar-refractivity contribution in [2.24, 2.45) is 0 Å². The van der Waals surface area contributed by atoms with Crippen molar-refractivity contribution in [2.45, 2.75) is 64.6 Å². The number of amides is 2. The lowest BCUT2D eigenvalue weighted by Crippen LogP contribution is -2.53. The first-order valence-electron chi connectivity index (χ1n) is 15.4. The molecule has 0 saturated heterocycles. The largest absolute Gasteiger partial charge is 0.480 e. The highest BCUT2D eigenvalue weighted by atomic mass is 16.6. The maximum atomic E-state index is 14.3. The van der Waals surface area contributed by atoms with Crippen LogP contribution in [0, 0.1) is 10.1 Å². The molecule has 4 rings (SSSR count). The summed E-state index contributed by atoms with van der Waals surface area (Å²) in [5, 5.41) is 30.1. The Hall–Kier alpha value is -5.78. The van der Waals surface area contributed by atoms with Gasteiger partial charge in [0, 0.05) is 41.9 Å². The van der Waals surface area contributed by atoms with Crippen LogP contribution in [0.5, 0.6) is 0 Å². The molecule has 0 aromatic heterocycles. The van der Waals surface area contributed by atoms with Crippen molar-refractivity contribution in [1.29, 1.82) is 0 Å². The Labute approximate surface area is 278 Å². The number of esters is 1. The Kier molecular flexibility index (Phi) is 11.5. The third kappa shape index (κ3) is 8.72. The first-order chi connectivity index (χ1) is 22.8. The Morgan fingerprint density at radius 1 is 0.833 bits per heavy atom. The van der Waals surface area contributed by atoms with Gasteiger partial charge in [-0.05, 0) is 44.4 Å². The summed E-state index contributed by atoms with van der Waals surface area (Å²) in [6, 6.07) is 20.9.